The number of benzene rings is 1. The molecule has 1 unspecified atom stereocenters. The predicted molar refractivity (Wildman–Crippen MR) is 69.8 cm³/mol. The van der Waals surface area contributed by atoms with Gasteiger partial charge in [-0.1, -0.05) is 28.4 Å². The number of hydrogen-bond acceptors (Lipinski definition) is 2. The molecule has 0 aliphatic heterocycles. The summed E-state index contributed by atoms with van der Waals surface area (Å²) in [4.78, 5) is 0. The van der Waals surface area contributed by atoms with Crippen LogP contribution in [0, 0.1) is 5.92 Å². The molecule has 1 atom stereocenters. The average Bonchev–Trinajstić information content (AvgIpc) is 2.23. The number of rotatable bonds is 4. The second kappa shape index (κ2) is 5.19. The molecule has 0 spiro atoms. The van der Waals surface area contributed by atoms with Gasteiger partial charge in [0.05, 0.1) is 7.11 Å². The van der Waals surface area contributed by atoms with Crippen molar-refractivity contribution in [3.05, 3.63) is 28.2 Å². The zero-order valence-corrected chi connectivity index (χ0v) is 11.4. The highest BCUT2D eigenvalue weighted by Gasteiger charge is 2.29. The van der Waals surface area contributed by atoms with E-state index in [0.717, 1.165) is 16.1 Å². The van der Waals surface area contributed by atoms with E-state index < -0.39 is 0 Å². The zero-order chi connectivity index (χ0) is 11.5. The van der Waals surface area contributed by atoms with Gasteiger partial charge >= 0.3 is 0 Å². The number of methoxy groups -OCH3 is 1. The Kier molecular flexibility index (Phi) is 3.87. The van der Waals surface area contributed by atoms with Crippen LogP contribution in [-0.2, 0) is 0 Å². The molecular formula is C13H18BrNO. The largest absolute Gasteiger partial charge is 0.496 e. The topological polar surface area (TPSA) is 21.3 Å². The Labute approximate surface area is 106 Å². The second-order valence-corrected chi connectivity index (χ2v) is 5.26. The van der Waals surface area contributed by atoms with E-state index in [1.54, 1.807) is 7.11 Å². The summed E-state index contributed by atoms with van der Waals surface area (Å²) in [5.41, 5.74) is 1.28. The highest BCUT2D eigenvalue weighted by molar-refractivity contribution is 9.10. The Morgan fingerprint density at radius 1 is 1.44 bits per heavy atom. The molecule has 16 heavy (non-hydrogen) atoms. The van der Waals surface area contributed by atoms with Crippen molar-refractivity contribution in [2.45, 2.75) is 25.3 Å². The fraction of sp³-hybridized carbons (Fsp3) is 0.538. The van der Waals surface area contributed by atoms with Crippen molar-refractivity contribution in [1.82, 2.24) is 5.32 Å². The van der Waals surface area contributed by atoms with Crippen LogP contribution in [0.3, 0.4) is 0 Å². The molecule has 3 heteroatoms. The minimum Gasteiger partial charge on any atom is -0.496 e. The summed E-state index contributed by atoms with van der Waals surface area (Å²) in [5.74, 6) is 1.74. The Morgan fingerprint density at radius 3 is 2.69 bits per heavy atom. The van der Waals surface area contributed by atoms with E-state index in [1.807, 2.05) is 13.1 Å². The first kappa shape index (κ1) is 11.9. The van der Waals surface area contributed by atoms with Crippen LogP contribution in [0.1, 0.15) is 30.9 Å². The van der Waals surface area contributed by atoms with Gasteiger partial charge < -0.3 is 10.1 Å². The van der Waals surface area contributed by atoms with E-state index in [9.17, 15) is 0 Å². The lowest BCUT2D eigenvalue weighted by Crippen LogP contribution is -2.30. The van der Waals surface area contributed by atoms with E-state index >= 15 is 0 Å². The van der Waals surface area contributed by atoms with E-state index in [4.69, 9.17) is 4.74 Å². The lowest BCUT2D eigenvalue weighted by atomic mass is 9.77. The van der Waals surface area contributed by atoms with Crippen molar-refractivity contribution >= 4 is 15.9 Å². The standard InChI is InChI=1S/C13H18BrNO/c1-15-13(9-4-3-5-9)11-7-6-10(14)8-12(11)16-2/h6-9,13,15H,3-5H2,1-2H3. The van der Waals surface area contributed by atoms with Crippen LogP contribution < -0.4 is 10.1 Å². The Balaban J connectivity index is 2.28. The summed E-state index contributed by atoms with van der Waals surface area (Å²) in [6.07, 6.45) is 4.01. The Morgan fingerprint density at radius 2 is 2.19 bits per heavy atom. The van der Waals surface area contributed by atoms with Gasteiger partial charge in [0.1, 0.15) is 5.75 Å². The Hall–Kier alpha value is -0.540. The van der Waals surface area contributed by atoms with Crippen molar-refractivity contribution in [2.75, 3.05) is 14.2 Å². The van der Waals surface area contributed by atoms with Crippen molar-refractivity contribution < 1.29 is 4.74 Å². The molecule has 0 amide bonds. The maximum atomic E-state index is 5.46. The van der Waals surface area contributed by atoms with Gasteiger partial charge in [-0.15, -0.1) is 0 Å². The monoisotopic (exact) mass is 283 g/mol. The average molecular weight is 284 g/mol. The minimum absolute atomic E-state index is 0.428. The van der Waals surface area contributed by atoms with E-state index in [2.05, 4.69) is 33.4 Å². The summed E-state index contributed by atoms with van der Waals surface area (Å²) in [6.45, 7) is 0. The molecule has 1 fully saturated rings. The molecule has 0 saturated heterocycles. The summed E-state index contributed by atoms with van der Waals surface area (Å²) in [5, 5.41) is 3.42. The van der Waals surface area contributed by atoms with Gasteiger partial charge in [0.25, 0.3) is 0 Å². The summed E-state index contributed by atoms with van der Waals surface area (Å²) >= 11 is 3.48. The summed E-state index contributed by atoms with van der Waals surface area (Å²) < 4.78 is 6.52. The highest BCUT2D eigenvalue weighted by atomic mass is 79.9. The minimum atomic E-state index is 0.428. The van der Waals surface area contributed by atoms with Crippen LogP contribution in [0.5, 0.6) is 5.75 Å². The van der Waals surface area contributed by atoms with Gasteiger partial charge in [0.15, 0.2) is 0 Å². The van der Waals surface area contributed by atoms with Crippen LogP contribution in [0.4, 0.5) is 0 Å². The number of nitrogens with one attached hydrogen (secondary N) is 1. The number of hydrogen-bond donors (Lipinski definition) is 1. The van der Waals surface area contributed by atoms with Crippen LogP contribution in [-0.4, -0.2) is 14.2 Å². The first-order chi connectivity index (χ1) is 7.76. The molecule has 1 saturated carbocycles. The maximum Gasteiger partial charge on any atom is 0.124 e. The highest BCUT2D eigenvalue weighted by Crippen LogP contribution is 2.41. The van der Waals surface area contributed by atoms with Gasteiger partial charge in [-0.2, -0.15) is 0 Å². The Bertz CT molecular complexity index is 363. The smallest absolute Gasteiger partial charge is 0.124 e. The van der Waals surface area contributed by atoms with Gasteiger partial charge in [-0.05, 0) is 37.9 Å². The summed E-state index contributed by atoms with van der Waals surface area (Å²) in [7, 11) is 3.77. The first-order valence-corrected chi connectivity index (χ1v) is 6.56. The van der Waals surface area contributed by atoms with Crippen molar-refractivity contribution in [3.63, 3.8) is 0 Å². The molecule has 1 N–H and O–H groups in total. The number of halogens is 1. The molecule has 1 aromatic rings. The van der Waals surface area contributed by atoms with Crippen molar-refractivity contribution in [2.24, 2.45) is 5.92 Å². The first-order valence-electron chi connectivity index (χ1n) is 5.77. The molecule has 0 bridgehead atoms. The molecule has 2 nitrogen and oxygen atoms in total. The van der Waals surface area contributed by atoms with Crippen LogP contribution in [0.2, 0.25) is 0 Å². The second-order valence-electron chi connectivity index (χ2n) is 4.34. The lowest BCUT2D eigenvalue weighted by Gasteiger charge is -2.34. The van der Waals surface area contributed by atoms with Crippen molar-refractivity contribution in [3.8, 4) is 5.75 Å². The molecule has 2 rings (SSSR count). The van der Waals surface area contributed by atoms with E-state index in [1.165, 1.54) is 24.8 Å². The SMILES string of the molecule is CNC(c1ccc(Br)cc1OC)C1CCC1. The quantitative estimate of drug-likeness (QED) is 0.913. The predicted octanol–water partition coefficient (Wildman–Crippen LogP) is 3.52. The molecule has 0 aromatic heterocycles. The van der Waals surface area contributed by atoms with Gasteiger partial charge in [0, 0.05) is 16.1 Å². The van der Waals surface area contributed by atoms with E-state index in [-0.39, 0.29) is 0 Å². The fourth-order valence-electron chi connectivity index (χ4n) is 2.36. The summed E-state index contributed by atoms with van der Waals surface area (Å²) in [6, 6.07) is 6.71. The third-order valence-electron chi connectivity index (χ3n) is 3.46. The molecule has 1 aromatic carbocycles. The van der Waals surface area contributed by atoms with Crippen LogP contribution >= 0.6 is 15.9 Å². The van der Waals surface area contributed by atoms with Crippen LogP contribution in [0.25, 0.3) is 0 Å². The third-order valence-corrected chi connectivity index (χ3v) is 3.96. The number of ether oxygens (including phenoxy) is 1. The molecular weight excluding hydrogens is 266 g/mol. The molecule has 1 aliphatic rings. The van der Waals surface area contributed by atoms with Crippen LogP contribution in [0.15, 0.2) is 22.7 Å². The molecule has 0 heterocycles. The normalized spacial score (nSPS) is 17.9. The van der Waals surface area contributed by atoms with Crippen molar-refractivity contribution in [1.29, 1.82) is 0 Å². The third kappa shape index (κ3) is 2.25. The maximum absolute atomic E-state index is 5.46. The molecule has 0 radical (unpaired) electrons. The van der Waals surface area contributed by atoms with Gasteiger partial charge in [-0.25, -0.2) is 0 Å². The molecule has 88 valence electrons. The van der Waals surface area contributed by atoms with Gasteiger partial charge in [0.2, 0.25) is 0 Å². The lowest BCUT2D eigenvalue weighted by molar-refractivity contribution is 0.235. The van der Waals surface area contributed by atoms with E-state index in [0.29, 0.717) is 6.04 Å². The van der Waals surface area contributed by atoms with Gasteiger partial charge in [-0.3, -0.25) is 0 Å². The zero-order valence-electron chi connectivity index (χ0n) is 9.79. The molecule has 1 aliphatic carbocycles. The fourth-order valence-corrected chi connectivity index (χ4v) is 2.70.